The molecule has 0 aliphatic rings. The normalized spacial score (nSPS) is 10.7. The Kier molecular flexibility index (Phi) is 4.52. The van der Waals surface area contributed by atoms with Crippen LogP contribution in [0.2, 0.25) is 0 Å². The van der Waals surface area contributed by atoms with Crippen LogP contribution in [0.5, 0.6) is 5.75 Å². The monoisotopic (exact) mass is 322 g/mol. The molecule has 0 fully saturated rings. The summed E-state index contributed by atoms with van der Waals surface area (Å²) in [6, 6.07) is 12.6. The first-order chi connectivity index (χ1) is 9.20. The van der Waals surface area contributed by atoms with Crippen molar-refractivity contribution in [2.45, 2.75) is 0 Å². The van der Waals surface area contributed by atoms with Crippen molar-refractivity contribution in [3.8, 4) is 5.75 Å². The van der Waals surface area contributed by atoms with Gasteiger partial charge in [-0.05, 0) is 45.8 Å². The molecule has 5 heteroatoms. The molecule has 0 amide bonds. The molecule has 98 valence electrons. The van der Waals surface area contributed by atoms with Crippen LogP contribution in [0.15, 0.2) is 52.0 Å². The fourth-order valence-corrected chi connectivity index (χ4v) is 2.16. The Morgan fingerprint density at radius 1 is 1.26 bits per heavy atom. The van der Waals surface area contributed by atoms with Gasteiger partial charge in [-0.15, -0.1) is 0 Å². The number of benzene rings is 2. The van der Waals surface area contributed by atoms with Crippen LogP contribution in [-0.2, 0) is 0 Å². The van der Waals surface area contributed by atoms with Crippen LogP contribution in [0.25, 0.3) is 0 Å². The SMILES string of the molecule is COc1c(F)cc(C=NNc2ccccc2)cc1Br. The van der Waals surface area contributed by atoms with E-state index in [1.807, 2.05) is 30.3 Å². The van der Waals surface area contributed by atoms with Gasteiger partial charge in [0.05, 0.1) is 23.5 Å². The highest BCUT2D eigenvalue weighted by molar-refractivity contribution is 9.10. The third-order valence-corrected chi connectivity index (χ3v) is 2.99. The number of hydrogen-bond donors (Lipinski definition) is 1. The van der Waals surface area contributed by atoms with E-state index in [-0.39, 0.29) is 5.75 Å². The van der Waals surface area contributed by atoms with E-state index < -0.39 is 5.82 Å². The average Bonchev–Trinajstić information content (AvgIpc) is 2.40. The second-order valence-electron chi connectivity index (χ2n) is 3.75. The van der Waals surface area contributed by atoms with Crippen molar-refractivity contribution < 1.29 is 9.13 Å². The minimum atomic E-state index is -0.432. The van der Waals surface area contributed by atoms with Crippen molar-refractivity contribution in [3.63, 3.8) is 0 Å². The molecule has 1 N–H and O–H groups in total. The lowest BCUT2D eigenvalue weighted by Gasteiger charge is -2.05. The summed E-state index contributed by atoms with van der Waals surface area (Å²) in [6.07, 6.45) is 1.54. The lowest BCUT2D eigenvalue weighted by Crippen LogP contribution is -1.94. The number of halogens is 2. The number of ether oxygens (including phenoxy) is 1. The number of para-hydroxylation sites is 1. The lowest BCUT2D eigenvalue weighted by atomic mass is 10.2. The van der Waals surface area contributed by atoms with E-state index in [1.54, 1.807) is 12.3 Å². The molecule has 0 bridgehead atoms. The topological polar surface area (TPSA) is 33.6 Å². The Labute approximate surface area is 119 Å². The van der Waals surface area contributed by atoms with E-state index in [1.165, 1.54) is 13.2 Å². The number of hydrogen-bond acceptors (Lipinski definition) is 3. The van der Waals surface area contributed by atoms with Crippen LogP contribution >= 0.6 is 15.9 Å². The first-order valence-electron chi connectivity index (χ1n) is 5.58. The Morgan fingerprint density at radius 2 is 2.00 bits per heavy atom. The minimum Gasteiger partial charge on any atom is -0.492 e. The van der Waals surface area contributed by atoms with Crippen LogP contribution < -0.4 is 10.2 Å². The Morgan fingerprint density at radius 3 is 2.63 bits per heavy atom. The van der Waals surface area contributed by atoms with Gasteiger partial charge < -0.3 is 4.74 Å². The molecular formula is C14H12BrFN2O. The highest BCUT2D eigenvalue weighted by atomic mass is 79.9. The zero-order chi connectivity index (χ0) is 13.7. The summed E-state index contributed by atoms with van der Waals surface area (Å²) in [6.45, 7) is 0. The van der Waals surface area contributed by atoms with Gasteiger partial charge in [-0.2, -0.15) is 5.10 Å². The molecule has 2 rings (SSSR count). The molecule has 0 radical (unpaired) electrons. The van der Waals surface area contributed by atoms with Crippen molar-refractivity contribution in [1.29, 1.82) is 0 Å². The maximum Gasteiger partial charge on any atom is 0.168 e. The van der Waals surface area contributed by atoms with Crippen LogP contribution in [0.4, 0.5) is 10.1 Å². The second-order valence-corrected chi connectivity index (χ2v) is 4.61. The highest BCUT2D eigenvalue weighted by Gasteiger charge is 2.08. The van der Waals surface area contributed by atoms with Crippen LogP contribution in [-0.4, -0.2) is 13.3 Å². The molecule has 0 spiro atoms. The van der Waals surface area contributed by atoms with Gasteiger partial charge in [0.1, 0.15) is 0 Å². The van der Waals surface area contributed by atoms with Gasteiger partial charge >= 0.3 is 0 Å². The quantitative estimate of drug-likeness (QED) is 0.680. The molecule has 19 heavy (non-hydrogen) atoms. The molecule has 0 saturated heterocycles. The Bertz CT molecular complexity index is 564. The molecule has 0 heterocycles. The van der Waals surface area contributed by atoms with Gasteiger partial charge in [0.2, 0.25) is 0 Å². The number of rotatable bonds is 4. The predicted molar refractivity (Wildman–Crippen MR) is 78.3 cm³/mol. The van der Waals surface area contributed by atoms with Crippen molar-refractivity contribution >= 4 is 27.8 Å². The summed E-state index contributed by atoms with van der Waals surface area (Å²) in [4.78, 5) is 0. The average molecular weight is 323 g/mol. The van der Waals surface area contributed by atoms with Crippen molar-refractivity contribution in [2.24, 2.45) is 5.10 Å². The van der Waals surface area contributed by atoms with Crippen molar-refractivity contribution in [3.05, 3.63) is 58.3 Å². The third kappa shape index (κ3) is 3.54. The van der Waals surface area contributed by atoms with Gasteiger partial charge in [-0.1, -0.05) is 18.2 Å². The molecule has 3 nitrogen and oxygen atoms in total. The largest absolute Gasteiger partial charge is 0.492 e. The molecule has 0 aromatic heterocycles. The summed E-state index contributed by atoms with van der Waals surface area (Å²) >= 11 is 3.25. The lowest BCUT2D eigenvalue weighted by molar-refractivity contribution is 0.384. The molecule has 0 aliphatic heterocycles. The molecule has 0 atom stereocenters. The molecule has 2 aromatic rings. The van der Waals surface area contributed by atoms with Crippen LogP contribution in [0, 0.1) is 5.82 Å². The van der Waals surface area contributed by atoms with Gasteiger partial charge in [-0.3, -0.25) is 5.43 Å². The smallest absolute Gasteiger partial charge is 0.168 e. The number of hydrazone groups is 1. The van der Waals surface area contributed by atoms with E-state index in [0.717, 1.165) is 5.69 Å². The highest BCUT2D eigenvalue weighted by Crippen LogP contribution is 2.28. The van der Waals surface area contributed by atoms with Gasteiger partial charge in [0, 0.05) is 0 Å². The molecule has 2 aromatic carbocycles. The summed E-state index contributed by atoms with van der Waals surface area (Å²) in [5.41, 5.74) is 4.36. The van der Waals surface area contributed by atoms with E-state index >= 15 is 0 Å². The standard InChI is InChI=1S/C14H12BrFN2O/c1-19-14-12(15)7-10(8-13(14)16)9-17-18-11-5-3-2-4-6-11/h2-9,18H,1H3. The fraction of sp³-hybridized carbons (Fsp3) is 0.0714. The van der Waals surface area contributed by atoms with E-state index in [9.17, 15) is 4.39 Å². The van der Waals surface area contributed by atoms with Crippen molar-refractivity contribution in [1.82, 2.24) is 0 Å². The Balaban J connectivity index is 2.11. The minimum absolute atomic E-state index is 0.188. The first kappa shape index (κ1) is 13.5. The van der Waals surface area contributed by atoms with E-state index in [2.05, 4.69) is 26.5 Å². The van der Waals surface area contributed by atoms with Gasteiger partial charge in [0.15, 0.2) is 11.6 Å². The zero-order valence-electron chi connectivity index (χ0n) is 10.2. The van der Waals surface area contributed by atoms with E-state index in [4.69, 9.17) is 4.74 Å². The molecular weight excluding hydrogens is 311 g/mol. The van der Waals surface area contributed by atoms with Crippen LogP contribution in [0.1, 0.15) is 5.56 Å². The number of methoxy groups -OCH3 is 1. The second kappa shape index (κ2) is 6.33. The fourth-order valence-electron chi connectivity index (χ4n) is 1.54. The maximum atomic E-state index is 13.6. The number of nitrogens with one attached hydrogen (secondary N) is 1. The first-order valence-corrected chi connectivity index (χ1v) is 6.37. The molecule has 0 aliphatic carbocycles. The summed E-state index contributed by atoms with van der Waals surface area (Å²) in [5.74, 6) is -0.244. The maximum absolute atomic E-state index is 13.6. The molecule has 0 saturated carbocycles. The van der Waals surface area contributed by atoms with Crippen molar-refractivity contribution in [2.75, 3.05) is 12.5 Å². The predicted octanol–water partition coefficient (Wildman–Crippen LogP) is 4.04. The van der Waals surface area contributed by atoms with Gasteiger partial charge in [-0.25, -0.2) is 4.39 Å². The third-order valence-electron chi connectivity index (χ3n) is 2.41. The van der Waals surface area contributed by atoms with Gasteiger partial charge in [0.25, 0.3) is 0 Å². The van der Waals surface area contributed by atoms with Crippen LogP contribution in [0.3, 0.4) is 0 Å². The summed E-state index contributed by atoms with van der Waals surface area (Å²) < 4.78 is 19.1. The Hall–Kier alpha value is -1.88. The molecule has 0 unspecified atom stereocenters. The summed E-state index contributed by atoms with van der Waals surface area (Å²) in [7, 11) is 1.42. The number of anilines is 1. The number of nitrogens with zero attached hydrogens (tertiary/aromatic N) is 1. The zero-order valence-corrected chi connectivity index (χ0v) is 11.8. The van der Waals surface area contributed by atoms with E-state index in [0.29, 0.717) is 10.0 Å². The summed E-state index contributed by atoms with van der Waals surface area (Å²) in [5, 5.41) is 4.05.